The van der Waals surface area contributed by atoms with Crippen LogP contribution in [0.15, 0.2) is 27.3 Å². The van der Waals surface area contributed by atoms with Gasteiger partial charge in [-0.1, -0.05) is 0 Å². The molecule has 0 spiro atoms. The van der Waals surface area contributed by atoms with Gasteiger partial charge in [0.2, 0.25) is 5.91 Å². The summed E-state index contributed by atoms with van der Waals surface area (Å²) in [5, 5.41) is 2.36. The molecule has 0 fully saturated rings. The Balaban J connectivity index is 2.39. The zero-order valence-electron chi connectivity index (χ0n) is 8.53. The molecule has 0 atom stereocenters. The van der Waals surface area contributed by atoms with E-state index in [2.05, 4.69) is 26.0 Å². The zero-order chi connectivity index (χ0) is 12.0. The number of hydrogen-bond acceptors (Lipinski definition) is 4. The van der Waals surface area contributed by atoms with Gasteiger partial charge in [0, 0.05) is 6.08 Å². The zero-order valence-corrected chi connectivity index (χ0v) is 10.1. The molecule has 5 nitrogen and oxygen atoms in total. The van der Waals surface area contributed by atoms with Crippen LogP contribution in [0, 0.1) is 0 Å². The fourth-order valence-electron chi connectivity index (χ4n) is 0.866. The highest BCUT2D eigenvalue weighted by molar-refractivity contribution is 9.10. The number of carbonyl (C=O) groups is 2. The summed E-state index contributed by atoms with van der Waals surface area (Å²) in [6.07, 6.45) is 2.77. The molecule has 0 aliphatic carbocycles. The van der Waals surface area contributed by atoms with Gasteiger partial charge in [0.1, 0.15) is 12.3 Å². The summed E-state index contributed by atoms with van der Waals surface area (Å²) >= 11 is 3.14. The Bertz CT molecular complexity index is 411. The lowest BCUT2D eigenvalue weighted by atomic mass is 10.4. The normalized spacial score (nSPS) is 10.4. The summed E-state index contributed by atoms with van der Waals surface area (Å²) in [6, 6.07) is 3.42. The molecule has 16 heavy (non-hydrogen) atoms. The second-order valence-corrected chi connectivity index (χ2v) is 3.55. The van der Waals surface area contributed by atoms with Gasteiger partial charge in [-0.05, 0) is 34.1 Å². The maximum Gasteiger partial charge on any atom is 0.325 e. The summed E-state index contributed by atoms with van der Waals surface area (Å²) < 4.78 is 10.1. The Kier molecular flexibility index (Phi) is 4.78. The molecule has 0 radical (unpaired) electrons. The Morgan fingerprint density at radius 1 is 1.56 bits per heavy atom. The van der Waals surface area contributed by atoms with Crippen molar-refractivity contribution in [2.75, 3.05) is 13.7 Å². The molecule has 1 aromatic heterocycles. The van der Waals surface area contributed by atoms with Gasteiger partial charge in [-0.25, -0.2) is 0 Å². The molecule has 1 amide bonds. The van der Waals surface area contributed by atoms with Crippen molar-refractivity contribution in [1.82, 2.24) is 5.32 Å². The molecule has 0 aliphatic rings. The van der Waals surface area contributed by atoms with Crippen molar-refractivity contribution < 1.29 is 18.7 Å². The van der Waals surface area contributed by atoms with Crippen LogP contribution >= 0.6 is 15.9 Å². The SMILES string of the molecule is COC(=O)CNC(=O)C=Cc1ccc(Br)o1. The van der Waals surface area contributed by atoms with Crippen molar-refractivity contribution in [3.63, 3.8) is 0 Å². The van der Waals surface area contributed by atoms with E-state index in [-0.39, 0.29) is 6.54 Å². The van der Waals surface area contributed by atoms with E-state index >= 15 is 0 Å². The number of methoxy groups -OCH3 is 1. The molecule has 0 unspecified atom stereocenters. The van der Waals surface area contributed by atoms with Crippen LogP contribution in [0.25, 0.3) is 6.08 Å². The molecule has 1 aromatic rings. The predicted octanol–water partition coefficient (Wildman–Crippen LogP) is 1.34. The minimum Gasteiger partial charge on any atom is -0.468 e. The van der Waals surface area contributed by atoms with E-state index in [1.807, 2.05) is 0 Å². The molecular formula is C10H10BrNO4. The molecule has 0 saturated heterocycles. The van der Waals surface area contributed by atoms with Gasteiger partial charge in [-0.2, -0.15) is 0 Å². The van der Waals surface area contributed by atoms with E-state index in [1.165, 1.54) is 19.3 Å². The highest BCUT2D eigenvalue weighted by atomic mass is 79.9. The molecule has 86 valence electrons. The third-order valence-corrected chi connectivity index (χ3v) is 2.05. The van der Waals surface area contributed by atoms with Crippen LogP contribution < -0.4 is 5.32 Å². The topological polar surface area (TPSA) is 68.5 Å². The molecule has 1 rings (SSSR count). The second kappa shape index (κ2) is 6.12. The van der Waals surface area contributed by atoms with Crippen LogP contribution in [0.2, 0.25) is 0 Å². The monoisotopic (exact) mass is 287 g/mol. The average molecular weight is 288 g/mol. The molecule has 0 saturated carbocycles. The van der Waals surface area contributed by atoms with Crippen LogP contribution in [-0.2, 0) is 14.3 Å². The first-order valence-corrected chi connectivity index (χ1v) is 5.19. The van der Waals surface area contributed by atoms with E-state index in [9.17, 15) is 9.59 Å². The van der Waals surface area contributed by atoms with Crippen molar-refractivity contribution in [2.24, 2.45) is 0 Å². The molecule has 1 heterocycles. The highest BCUT2D eigenvalue weighted by Gasteiger charge is 2.02. The van der Waals surface area contributed by atoms with Crippen molar-refractivity contribution in [3.05, 3.63) is 28.6 Å². The van der Waals surface area contributed by atoms with Crippen molar-refractivity contribution in [1.29, 1.82) is 0 Å². The summed E-state index contributed by atoms with van der Waals surface area (Å²) in [6.45, 7) is -0.151. The fourth-order valence-corrected chi connectivity index (χ4v) is 1.19. The lowest BCUT2D eigenvalue weighted by Crippen LogP contribution is -2.28. The Morgan fingerprint density at radius 2 is 2.31 bits per heavy atom. The lowest BCUT2D eigenvalue weighted by Gasteiger charge is -1.98. The number of nitrogens with one attached hydrogen (secondary N) is 1. The number of amides is 1. The van der Waals surface area contributed by atoms with Gasteiger partial charge >= 0.3 is 5.97 Å². The molecule has 6 heteroatoms. The molecular weight excluding hydrogens is 278 g/mol. The van der Waals surface area contributed by atoms with Gasteiger partial charge < -0.3 is 14.5 Å². The first-order chi connectivity index (χ1) is 7.61. The molecule has 0 aromatic carbocycles. The maximum atomic E-state index is 11.2. The maximum absolute atomic E-state index is 11.2. The van der Waals surface area contributed by atoms with Gasteiger partial charge in [-0.15, -0.1) is 0 Å². The number of furan rings is 1. The average Bonchev–Trinajstić information content (AvgIpc) is 2.69. The van der Waals surface area contributed by atoms with E-state index in [0.717, 1.165) is 0 Å². The van der Waals surface area contributed by atoms with Crippen molar-refractivity contribution >= 4 is 33.9 Å². The minimum atomic E-state index is -0.498. The second-order valence-electron chi connectivity index (χ2n) is 2.77. The van der Waals surface area contributed by atoms with Crippen molar-refractivity contribution in [3.8, 4) is 0 Å². The first kappa shape index (κ1) is 12.5. The van der Waals surface area contributed by atoms with Gasteiger partial charge in [0.05, 0.1) is 7.11 Å². The number of ether oxygens (including phenoxy) is 1. The Hall–Kier alpha value is -1.56. The molecule has 0 bridgehead atoms. The number of halogens is 1. The van der Waals surface area contributed by atoms with E-state index in [0.29, 0.717) is 10.4 Å². The first-order valence-electron chi connectivity index (χ1n) is 4.40. The summed E-state index contributed by atoms with van der Waals surface area (Å²) in [4.78, 5) is 21.9. The smallest absolute Gasteiger partial charge is 0.325 e. The number of hydrogen-bond donors (Lipinski definition) is 1. The standard InChI is InChI=1S/C10H10BrNO4/c1-15-10(14)6-12-9(13)5-3-7-2-4-8(11)16-7/h2-5H,6H2,1H3,(H,12,13). The highest BCUT2D eigenvalue weighted by Crippen LogP contribution is 2.14. The number of carbonyl (C=O) groups excluding carboxylic acids is 2. The van der Waals surface area contributed by atoms with Crippen LogP contribution in [0.4, 0.5) is 0 Å². The quantitative estimate of drug-likeness (QED) is 0.670. The van der Waals surface area contributed by atoms with Gasteiger partial charge in [-0.3, -0.25) is 9.59 Å². The van der Waals surface area contributed by atoms with Gasteiger partial charge in [0.25, 0.3) is 0 Å². The predicted molar refractivity (Wildman–Crippen MR) is 60.5 cm³/mol. The largest absolute Gasteiger partial charge is 0.468 e. The van der Waals surface area contributed by atoms with Gasteiger partial charge in [0.15, 0.2) is 4.67 Å². The summed E-state index contributed by atoms with van der Waals surface area (Å²) in [7, 11) is 1.25. The summed E-state index contributed by atoms with van der Waals surface area (Å²) in [5.74, 6) is -0.347. The molecule has 0 aliphatic heterocycles. The Morgan fingerprint density at radius 3 is 2.88 bits per heavy atom. The van der Waals surface area contributed by atoms with Crippen LogP contribution in [-0.4, -0.2) is 25.5 Å². The summed E-state index contributed by atoms with van der Waals surface area (Å²) in [5.41, 5.74) is 0. The van der Waals surface area contributed by atoms with Crippen molar-refractivity contribution in [2.45, 2.75) is 0 Å². The van der Waals surface area contributed by atoms with Crippen LogP contribution in [0.5, 0.6) is 0 Å². The molecule has 1 N–H and O–H groups in total. The van der Waals surface area contributed by atoms with E-state index < -0.39 is 11.9 Å². The fraction of sp³-hybridized carbons (Fsp3) is 0.200. The number of esters is 1. The third-order valence-electron chi connectivity index (χ3n) is 1.63. The third kappa shape index (κ3) is 4.31. The Labute approximate surface area is 101 Å². The number of rotatable bonds is 4. The van der Waals surface area contributed by atoms with E-state index in [1.54, 1.807) is 12.1 Å². The van der Waals surface area contributed by atoms with Crippen LogP contribution in [0.1, 0.15) is 5.76 Å². The minimum absolute atomic E-state index is 0.151. The van der Waals surface area contributed by atoms with E-state index in [4.69, 9.17) is 4.42 Å². The van der Waals surface area contributed by atoms with Crippen LogP contribution in [0.3, 0.4) is 0 Å². The lowest BCUT2D eigenvalue weighted by molar-refractivity contribution is -0.140.